The van der Waals surface area contributed by atoms with Gasteiger partial charge in [0.1, 0.15) is 0 Å². The van der Waals surface area contributed by atoms with Gasteiger partial charge in [0.05, 0.1) is 31.4 Å². The Kier molecular flexibility index (Phi) is 6.52. The molecule has 6 rings (SSSR count). The molecule has 4 fully saturated rings. The molecule has 4 aliphatic heterocycles. The fourth-order valence-electron chi connectivity index (χ4n) is 5.57. The molecule has 0 radical (unpaired) electrons. The number of morpholine rings is 1. The Morgan fingerprint density at radius 1 is 1.16 bits per heavy atom. The Bertz CT molecular complexity index is 897. The smallest absolute Gasteiger partial charge is 0.227 e. The van der Waals surface area contributed by atoms with E-state index in [2.05, 4.69) is 57.6 Å². The molecule has 0 aliphatic carbocycles. The highest BCUT2D eigenvalue weighted by Gasteiger charge is 2.44. The van der Waals surface area contributed by atoms with E-state index in [0.717, 1.165) is 64.3 Å². The van der Waals surface area contributed by atoms with E-state index in [4.69, 9.17) is 4.74 Å². The third kappa shape index (κ3) is 4.87. The molecule has 1 aromatic heterocycles. The van der Waals surface area contributed by atoms with E-state index in [-0.39, 0.29) is 5.92 Å². The quantitative estimate of drug-likeness (QED) is 0.652. The van der Waals surface area contributed by atoms with E-state index in [9.17, 15) is 4.79 Å². The van der Waals surface area contributed by atoms with Crippen molar-refractivity contribution in [3.8, 4) is 0 Å². The molecule has 8 heteroatoms. The largest absolute Gasteiger partial charge is 0.378 e. The fraction of sp³-hybridized carbons (Fsp3) is 0.625. The van der Waals surface area contributed by atoms with Crippen LogP contribution >= 0.6 is 0 Å². The Labute approximate surface area is 190 Å². The maximum Gasteiger partial charge on any atom is 0.227 e. The van der Waals surface area contributed by atoms with Gasteiger partial charge in [-0.25, -0.2) is 0 Å². The van der Waals surface area contributed by atoms with Crippen molar-refractivity contribution in [3.05, 3.63) is 47.8 Å². The van der Waals surface area contributed by atoms with Gasteiger partial charge in [0, 0.05) is 45.0 Å². The number of hydrogen-bond donors (Lipinski definition) is 0. The molecule has 2 aromatic rings. The van der Waals surface area contributed by atoms with Crippen molar-refractivity contribution in [1.82, 2.24) is 29.7 Å². The summed E-state index contributed by atoms with van der Waals surface area (Å²) in [7, 11) is 2.11. The normalized spacial score (nSPS) is 27.8. The molecule has 4 atom stereocenters. The molecular formula is C24H34N6O2. The van der Waals surface area contributed by atoms with Gasteiger partial charge in [-0.1, -0.05) is 35.5 Å². The zero-order chi connectivity index (χ0) is 21.9. The molecule has 5 heterocycles. The van der Waals surface area contributed by atoms with Crippen LogP contribution in [-0.4, -0.2) is 88.1 Å². The number of piperidine rings is 3. The Morgan fingerprint density at radius 3 is 2.72 bits per heavy atom. The number of rotatable bonds is 7. The van der Waals surface area contributed by atoms with Crippen LogP contribution in [0.5, 0.6) is 0 Å². The summed E-state index contributed by atoms with van der Waals surface area (Å²) >= 11 is 0. The van der Waals surface area contributed by atoms with E-state index in [1.807, 2.05) is 15.6 Å². The first-order chi connectivity index (χ1) is 15.7. The molecule has 4 aliphatic rings. The van der Waals surface area contributed by atoms with Crippen molar-refractivity contribution < 1.29 is 9.53 Å². The van der Waals surface area contributed by atoms with E-state index in [1.165, 1.54) is 5.56 Å². The highest BCUT2D eigenvalue weighted by atomic mass is 16.5. The second-order valence-corrected chi connectivity index (χ2v) is 9.57. The molecule has 4 saturated heterocycles. The van der Waals surface area contributed by atoms with Gasteiger partial charge in [-0.05, 0) is 37.9 Å². The minimum absolute atomic E-state index is 0.149. The minimum Gasteiger partial charge on any atom is -0.378 e. The topological polar surface area (TPSA) is 66.7 Å². The van der Waals surface area contributed by atoms with E-state index >= 15 is 0 Å². The zero-order valence-electron chi connectivity index (χ0n) is 19.0. The number of carbonyl (C=O) groups is 1. The van der Waals surface area contributed by atoms with Crippen LogP contribution in [0.15, 0.2) is 36.5 Å². The van der Waals surface area contributed by atoms with Gasteiger partial charge in [0.25, 0.3) is 0 Å². The van der Waals surface area contributed by atoms with Crippen molar-refractivity contribution in [3.63, 3.8) is 0 Å². The summed E-state index contributed by atoms with van der Waals surface area (Å²) < 4.78 is 7.41. The van der Waals surface area contributed by atoms with Crippen LogP contribution < -0.4 is 0 Å². The number of nitrogens with zero attached hydrogens (tertiary/aromatic N) is 6. The molecule has 1 unspecified atom stereocenters. The number of hydrogen-bond acceptors (Lipinski definition) is 6. The molecule has 1 aromatic carbocycles. The first-order valence-corrected chi connectivity index (χ1v) is 11.9. The first-order valence-electron chi connectivity index (χ1n) is 11.9. The van der Waals surface area contributed by atoms with Gasteiger partial charge in [0.15, 0.2) is 0 Å². The minimum atomic E-state index is 0.149. The number of amides is 1. The van der Waals surface area contributed by atoms with Crippen LogP contribution in [0, 0.1) is 11.8 Å². The Hall–Kier alpha value is -2.29. The highest BCUT2D eigenvalue weighted by Crippen LogP contribution is 2.37. The van der Waals surface area contributed by atoms with E-state index < -0.39 is 0 Å². The lowest BCUT2D eigenvalue weighted by Crippen LogP contribution is -2.59. The average Bonchev–Trinajstić information content (AvgIpc) is 3.26. The molecule has 8 nitrogen and oxygen atoms in total. The van der Waals surface area contributed by atoms with Crippen LogP contribution in [0.2, 0.25) is 0 Å². The van der Waals surface area contributed by atoms with Crippen LogP contribution in [0.4, 0.5) is 0 Å². The maximum absolute atomic E-state index is 13.1. The molecular weight excluding hydrogens is 404 g/mol. The predicted octanol–water partition coefficient (Wildman–Crippen LogP) is 1.48. The predicted molar refractivity (Wildman–Crippen MR) is 121 cm³/mol. The van der Waals surface area contributed by atoms with Crippen LogP contribution in [0.1, 0.15) is 24.1 Å². The molecule has 0 spiro atoms. The second kappa shape index (κ2) is 9.68. The number of carbonyl (C=O) groups excluding carboxylic acids is 1. The second-order valence-electron chi connectivity index (χ2n) is 9.57. The lowest BCUT2D eigenvalue weighted by atomic mass is 9.75. The number of ether oxygens (including phenoxy) is 1. The van der Waals surface area contributed by atoms with Gasteiger partial charge in [0.2, 0.25) is 5.91 Å². The van der Waals surface area contributed by atoms with Crippen LogP contribution in [0.3, 0.4) is 0 Å². The van der Waals surface area contributed by atoms with Crippen molar-refractivity contribution in [2.45, 2.75) is 38.5 Å². The van der Waals surface area contributed by atoms with Gasteiger partial charge in [-0.3, -0.25) is 19.3 Å². The van der Waals surface area contributed by atoms with Gasteiger partial charge in [-0.2, -0.15) is 0 Å². The Morgan fingerprint density at radius 2 is 1.97 bits per heavy atom. The highest BCUT2D eigenvalue weighted by molar-refractivity contribution is 5.79. The summed E-state index contributed by atoms with van der Waals surface area (Å²) in [5, 5.41) is 8.82. The molecule has 1 amide bonds. The standard InChI is InChI=1S/C24H34N6O2/c1-27(14-19-5-3-2-4-6-19)15-21-16-30(26-25-21)17-22-13-20-7-8-29(22)18-23(20)24(31)28-9-11-32-12-10-28/h2-6,16,20,22-23H,7-15,17-18H2,1H3/t20-,22+,23-/m0/s1. The number of aromatic nitrogens is 3. The van der Waals surface area contributed by atoms with Crippen molar-refractivity contribution >= 4 is 5.91 Å². The summed E-state index contributed by atoms with van der Waals surface area (Å²) in [5.74, 6) is 0.974. The Balaban J connectivity index is 1.14. The van der Waals surface area contributed by atoms with Gasteiger partial charge >= 0.3 is 0 Å². The van der Waals surface area contributed by atoms with Gasteiger partial charge in [-0.15, -0.1) is 5.10 Å². The van der Waals surface area contributed by atoms with Crippen molar-refractivity contribution in [1.29, 1.82) is 0 Å². The molecule has 0 N–H and O–H groups in total. The molecule has 2 bridgehead atoms. The number of fused-ring (bicyclic) bond motifs is 3. The summed E-state index contributed by atoms with van der Waals surface area (Å²) in [6.45, 7) is 7.32. The lowest BCUT2D eigenvalue weighted by Gasteiger charge is -2.50. The van der Waals surface area contributed by atoms with Crippen molar-refractivity contribution in [2.75, 3.05) is 46.4 Å². The maximum atomic E-state index is 13.1. The molecule has 32 heavy (non-hydrogen) atoms. The third-order valence-electron chi connectivity index (χ3n) is 7.23. The first kappa shape index (κ1) is 21.6. The zero-order valence-corrected chi connectivity index (χ0v) is 19.0. The SMILES string of the molecule is CN(Cc1ccccc1)Cc1cn(C[C@H]2C[C@@H]3CCN2C[C@@H]3C(=O)N2CCOCC2)nn1. The number of benzene rings is 1. The summed E-state index contributed by atoms with van der Waals surface area (Å²) in [6.07, 6.45) is 4.29. The average molecular weight is 439 g/mol. The summed E-state index contributed by atoms with van der Waals surface area (Å²) in [4.78, 5) is 19.8. The summed E-state index contributed by atoms with van der Waals surface area (Å²) in [5.41, 5.74) is 2.30. The van der Waals surface area contributed by atoms with E-state index in [1.54, 1.807) is 0 Å². The monoisotopic (exact) mass is 438 g/mol. The van der Waals surface area contributed by atoms with E-state index in [0.29, 0.717) is 31.1 Å². The van der Waals surface area contributed by atoms with Crippen molar-refractivity contribution in [2.24, 2.45) is 11.8 Å². The fourth-order valence-corrected chi connectivity index (χ4v) is 5.57. The third-order valence-corrected chi connectivity index (χ3v) is 7.23. The van der Waals surface area contributed by atoms with Crippen LogP contribution in [-0.2, 0) is 29.2 Å². The molecule has 172 valence electrons. The lowest BCUT2D eigenvalue weighted by molar-refractivity contribution is -0.148. The molecule has 0 saturated carbocycles. The summed E-state index contributed by atoms with van der Waals surface area (Å²) in [6, 6.07) is 10.9. The van der Waals surface area contributed by atoms with Gasteiger partial charge < -0.3 is 9.64 Å². The van der Waals surface area contributed by atoms with Crippen LogP contribution in [0.25, 0.3) is 0 Å².